The van der Waals surface area contributed by atoms with Crippen molar-refractivity contribution in [2.24, 2.45) is 5.92 Å². The SMILES string of the molecule is CCCCC(CC)CN1CCc2ccc(N)cc2C1=O. The third-order valence-corrected chi connectivity index (χ3v) is 4.32. The zero-order valence-corrected chi connectivity index (χ0v) is 12.7. The van der Waals surface area contributed by atoms with E-state index in [2.05, 4.69) is 13.8 Å². The summed E-state index contributed by atoms with van der Waals surface area (Å²) in [5, 5.41) is 0. The number of rotatable bonds is 6. The molecule has 110 valence electrons. The molecule has 1 unspecified atom stereocenters. The van der Waals surface area contributed by atoms with Crippen molar-refractivity contribution in [1.82, 2.24) is 4.90 Å². The second-order valence-electron chi connectivity index (χ2n) is 5.83. The van der Waals surface area contributed by atoms with Crippen molar-refractivity contribution in [1.29, 1.82) is 0 Å². The van der Waals surface area contributed by atoms with Gasteiger partial charge in [-0.3, -0.25) is 4.79 Å². The minimum Gasteiger partial charge on any atom is -0.399 e. The van der Waals surface area contributed by atoms with Crippen molar-refractivity contribution in [2.45, 2.75) is 46.0 Å². The number of hydrogen-bond donors (Lipinski definition) is 1. The van der Waals surface area contributed by atoms with E-state index in [0.29, 0.717) is 11.6 Å². The van der Waals surface area contributed by atoms with Gasteiger partial charge < -0.3 is 10.6 Å². The van der Waals surface area contributed by atoms with Crippen LogP contribution in [0.25, 0.3) is 0 Å². The summed E-state index contributed by atoms with van der Waals surface area (Å²) >= 11 is 0. The topological polar surface area (TPSA) is 46.3 Å². The molecule has 2 rings (SSSR count). The minimum absolute atomic E-state index is 0.161. The van der Waals surface area contributed by atoms with Gasteiger partial charge in [-0.15, -0.1) is 0 Å². The van der Waals surface area contributed by atoms with Crippen LogP contribution < -0.4 is 5.73 Å². The predicted molar refractivity (Wildman–Crippen MR) is 83.8 cm³/mol. The molecule has 20 heavy (non-hydrogen) atoms. The lowest BCUT2D eigenvalue weighted by atomic mass is 9.94. The maximum absolute atomic E-state index is 12.6. The minimum atomic E-state index is 0.161. The van der Waals surface area contributed by atoms with Crippen LogP contribution in [0, 0.1) is 5.92 Å². The Hall–Kier alpha value is -1.51. The van der Waals surface area contributed by atoms with Crippen molar-refractivity contribution in [2.75, 3.05) is 18.8 Å². The molecule has 0 saturated heterocycles. The molecule has 0 radical (unpaired) electrons. The largest absolute Gasteiger partial charge is 0.399 e. The van der Waals surface area contributed by atoms with Crippen LogP contribution in [0.15, 0.2) is 18.2 Å². The Kier molecular flexibility index (Phi) is 5.05. The van der Waals surface area contributed by atoms with E-state index in [4.69, 9.17) is 5.73 Å². The van der Waals surface area contributed by atoms with E-state index < -0.39 is 0 Å². The van der Waals surface area contributed by atoms with Crippen molar-refractivity contribution in [3.05, 3.63) is 29.3 Å². The normalized spacial score (nSPS) is 16.1. The Balaban J connectivity index is 2.06. The molecule has 0 bridgehead atoms. The molecule has 0 saturated carbocycles. The fourth-order valence-corrected chi connectivity index (χ4v) is 2.94. The number of nitrogens with two attached hydrogens (primary N) is 1. The molecule has 1 aliphatic heterocycles. The predicted octanol–water partition coefficient (Wildman–Crippen LogP) is 3.48. The molecule has 1 aliphatic rings. The van der Waals surface area contributed by atoms with Crippen molar-refractivity contribution < 1.29 is 4.79 Å². The molecule has 0 fully saturated rings. The van der Waals surface area contributed by atoms with Crippen LogP contribution in [0.4, 0.5) is 5.69 Å². The maximum Gasteiger partial charge on any atom is 0.254 e. The van der Waals surface area contributed by atoms with E-state index in [9.17, 15) is 4.79 Å². The highest BCUT2D eigenvalue weighted by molar-refractivity contribution is 5.97. The average Bonchev–Trinajstić information content (AvgIpc) is 2.46. The van der Waals surface area contributed by atoms with Crippen molar-refractivity contribution in [3.63, 3.8) is 0 Å². The number of nitrogen functional groups attached to an aromatic ring is 1. The van der Waals surface area contributed by atoms with E-state index >= 15 is 0 Å². The molecular formula is C17H26N2O. The molecule has 1 aromatic carbocycles. The molecule has 1 atom stereocenters. The standard InChI is InChI=1S/C17H26N2O/c1-3-5-6-13(4-2)12-19-10-9-14-7-8-15(18)11-16(14)17(19)20/h7-8,11,13H,3-6,9-10,12,18H2,1-2H3. The molecule has 0 aliphatic carbocycles. The zero-order valence-electron chi connectivity index (χ0n) is 12.7. The molecule has 1 amide bonds. The molecule has 2 N–H and O–H groups in total. The van der Waals surface area contributed by atoms with Gasteiger partial charge in [0.05, 0.1) is 0 Å². The number of carbonyl (C=O) groups is 1. The van der Waals surface area contributed by atoms with Crippen LogP contribution in [0.3, 0.4) is 0 Å². The fourth-order valence-electron chi connectivity index (χ4n) is 2.94. The number of unbranched alkanes of at least 4 members (excludes halogenated alkanes) is 1. The maximum atomic E-state index is 12.6. The van der Waals surface area contributed by atoms with E-state index in [1.165, 1.54) is 19.3 Å². The lowest BCUT2D eigenvalue weighted by molar-refractivity contribution is 0.0706. The Bertz CT molecular complexity index is 470. The van der Waals surface area contributed by atoms with Crippen molar-refractivity contribution in [3.8, 4) is 0 Å². The highest BCUT2D eigenvalue weighted by Crippen LogP contribution is 2.23. The second kappa shape index (κ2) is 6.78. The lowest BCUT2D eigenvalue weighted by Gasteiger charge is -2.31. The molecular weight excluding hydrogens is 248 g/mol. The smallest absolute Gasteiger partial charge is 0.254 e. The second-order valence-corrected chi connectivity index (χ2v) is 5.83. The summed E-state index contributed by atoms with van der Waals surface area (Å²) in [5.74, 6) is 0.787. The number of fused-ring (bicyclic) bond motifs is 1. The van der Waals surface area contributed by atoms with E-state index in [1.807, 2.05) is 23.1 Å². The number of benzene rings is 1. The number of amides is 1. The van der Waals surface area contributed by atoms with Gasteiger partial charge in [0.1, 0.15) is 0 Å². The zero-order chi connectivity index (χ0) is 14.5. The van der Waals surface area contributed by atoms with Gasteiger partial charge in [0.2, 0.25) is 0 Å². The van der Waals surface area contributed by atoms with Gasteiger partial charge >= 0.3 is 0 Å². The first kappa shape index (κ1) is 14.9. The first-order chi connectivity index (χ1) is 9.65. The van der Waals surface area contributed by atoms with Gasteiger partial charge in [0.25, 0.3) is 5.91 Å². The third kappa shape index (κ3) is 3.33. The molecule has 0 spiro atoms. The molecule has 3 heteroatoms. The van der Waals surface area contributed by atoms with Crippen LogP contribution >= 0.6 is 0 Å². The Morgan fingerprint density at radius 3 is 2.85 bits per heavy atom. The summed E-state index contributed by atoms with van der Waals surface area (Å²) in [6.07, 6.45) is 5.80. The number of anilines is 1. The summed E-state index contributed by atoms with van der Waals surface area (Å²) in [4.78, 5) is 14.6. The van der Waals surface area contributed by atoms with Crippen LogP contribution in [0.5, 0.6) is 0 Å². The van der Waals surface area contributed by atoms with Crippen molar-refractivity contribution >= 4 is 11.6 Å². The van der Waals surface area contributed by atoms with Gasteiger partial charge in [-0.05, 0) is 36.5 Å². The first-order valence-electron chi connectivity index (χ1n) is 7.83. The lowest BCUT2D eigenvalue weighted by Crippen LogP contribution is -2.40. The van der Waals surface area contributed by atoms with Gasteiger partial charge in [0.15, 0.2) is 0 Å². The van der Waals surface area contributed by atoms with Crippen LogP contribution in [-0.2, 0) is 6.42 Å². The molecule has 3 nitrogen and oxygen atoms in total. The number of nitrogens with zero attached hydrogens (tertiary/aromatic N) is 1. The molecule has 1 aromatic rings. The highest BCUT2D eigenvalue weighted by Gasteiger charge is 2.25. The quantitative estimate of drug-likeness (QED) is 0.807. The Morgan fingerprint density at radius 2 is 2.15 bits per heavy atom. The van der Waals surface area contributed by atoms with Crippen LogP contribution in [0.2, 0.25) is 0 Å². The summed E-state index contributed by atoms with van der Waals surface area (Å²) in [6.45, 7) is 6.18. The molecule has 1 heterocycles. The van der Waals surface area contributed by atoms with Crippen LogP contribution in [-0.4, -0.2) is 23.9 Å². The van der Waals surface area contributed by atoms with E-state index in [-0.39, 0.29) is 5.91 Å². The van der Waals surface area contributed by atoms with Crippen LogP contribution in [0.1, 0.15) is 55.5 Å². The third-order valence-electron chi connectivity index (χ3n) is 4.32. The summed E-state index contributed by atoms with van der Waals surface area (Å²) in [7, 11) is 0. The van der Waals surface area contributed by atoms with E-state index in [0.717, 1.165) is 37.1 Å². The Labute approximate surface area is 122 Å². The van der Waals surface area contributed by atoms with Gasteiger partial charge in [0, 0.05) is 24.3 Å². The van der Waals surface area contributed by atoms with Gasteiger partial charge in [-0.2, -0.15) is 0 Å². The first-order valence-corrected chi connectivity index (χ1v) is 7.83. The van der Waals surface area contributed by atoms with Gasteiger partial charge in [-0.25, -0.2) is 0 Å². The Morgan fingerprint density at radius 1 is 1.35 bits per heavy atom. The summed E-state index contributed by atoms with van der Waals surface area (Å²) in [5.41, 5.74) is 8.44. The van der Waals surface area contributed by atoms with E-state index in [1.54, 1.807) is 0 Å². The fraction of sp³-hybridized carbons (Fsp3) is 0.588. The highest BCUT2D eigenvalue weighted by atomic mass is 16.2. The summed E-state index contributed by atoms with van der Waals surface area (Å²) in [6, 6.07) is 5.71. The monoisotopic (exact) mass is 274 g/mol. The number of carbonyl (C=O) groups excluding carboxylic acids is 1. The summed E-state index contributed by atoms with van der Waals surface area (Å²) < 4.78 is 0. The van der Waals surface area contributed by atoms with Gasteiger partial charge in [-0.1, -0.05) is 39.2 Å². The molecule has 0 aromatic heterocycles. The average molecular weight is 274 g/mol. The number of hydrogen-bond acceptors (Lipinski definition) is 2.